The molecular weight excluding hydrogens is 270 g/mol. The van der Waals surface area contributed by atoms with E-state index in [2.05, 4.69) is 25.5 Å². The SMILES string of the molecule is Cc1cc2c(Sc3nnnn3C)nc(N)nc2s1. The van der Waals surface area contributed by atoms with Gasteiger partial charge >= 0.3 is 0 Å². The van der Waals surface area contributed by atoms with Crippen molar-refractivity contribution in [2.75, 3.05) is 5.73 Å². The van der Waals surface area contributed by atoms with Crippen LogP contribution in [0.5, 0.6) is 0 Å². The third kappa shape index (κ3) is 1.91. The predicted molar refractivity (Wildman–Crippen MR) is 69.5 cm³/mol. The Morgan fingerprint density at radius 2 is 2.22 bits per heavy atom. The number of rotatable bonds is 2. The quantitative estimate of drug-likeness (QED) is 0.705. The molecule has 0 fully saturated rings. The second kappa shape index (κ2) is 4.18. The van der Waals surface area contributed by atoms with Gasteiger partial charge in [-0.15, -0.1) is 16.4 Å². The van der Waals surface area contributed by atoms with E-state index >= 15 is 0 Å². The summed E-state index contributed by atoms with van der Waals surface area (Å²) in [5.41, 5.74) is 5.71. The monoisotopic (exact) mass is 279 g/mol. The van der Waals surface area contributed by atoms with Gasteiger partial charge in [-0.05, 0) is 35.2 Å². The first-order valence-corrected chi connectivity index (χ1v) is 6.70. The lowest BCUT2D eigenvalue weighted by atomic mass is 10.4. The molecule has 0 aromatic carbocycles. The topological polar surface area (TPSA) is 95.4 Å². The lowest BCUT2D eigenvalue weighted by molar-refractivity contribution is 0.664. The van der Waals surface area contributed by atoms with Crippen molar-refractivity contribution in [2.24, 2.45) is 7.05 Å². The number of aromatic nitrogens is 6. The molecule has 0 aliphatic rings. The lowest BCUT2D eigenvalue weighted by Crippen LogP contribution is -1.97. The van der Waals surface area contributed by atoms with Gasteiger partial charge in [0.2, 0.25) is 11.1 Å². The molecule has 0 atom stereocenters. The molecule has 0 bridgehead atoms. The van der Waals surface area contributed by atoms with Gasteiger partial charge in [0.15, 0.2) is 0 Å². The average molecular weight is 279 g/mol. The molecule has 0 aliphatic carbocycles. The van der Waals surface area contributed by atoms with Crippen LogP contribution in [0.25, 0.3) is 10.2 Å². The molecule has 0 saturated heterocycles. The first kappa shape index (κ1) is 11.4. The van der Waals surface area contributed by atoms with Gasteiger partial charge in [0.1, 0.15) is 9.86 Å². The first-order valence-electron chi connectivity index (χ1n) is 5.07. The van der Waals surface area contributed by atoms with Gasteiger partial charge in [0.05, 0.1) is 0 Å². The van der Waals surface area contributed by atoms with E-state index in [9.17, 15) is 0 Å². The molecule has 0 aliphatic heterocycles. The summed E-state index contributed by atoms with van der Waals surface area (Å²) < 4.78 is 1.59. The molecule has 3 rings (SSSR count). The summed E-state index contributed by atoms with van der Waals surface area (Å²) in [6.07, 6.45) is 0. The summed E-state index contributed by atoms with van der Waals surface area (Å²) >= 11 is 2.97. The van der Waals surface area contributed by atoms with Crippen LogP contribution >= 0.6 is 23.1 Å². The number of nitrogens with zero attached hydrogens (tertiary/aromatic N) is 6. The van der Waals surface area contributed by atoms with Crippen LogP contribution in [0, 0.1) is 6.92 Å². The molecule has 9 heteroatoms. The number of nitrogen functional groups attached to an aromatic ring is 1. The Kier molecular flexibility index (Phi) is 2.63. The van der Waals surface area contributed by atoms with Crippen LogP contribution in [-0.2, 0) is 7.05 Å². The number of tetrazole rings is 1. The van der Waals surface area contributed by atoms with Crippen LogP contribution in [0.4, 0.5) is 5.95 Å². The van der Waals surface area contributed by atoms with Crippen molar-refractivity contribution in [3.63, 3.8) is 0 Å². The van der Waals surface area contributed by atoms with Crippen molar-refractivity contribution in [3.8, 4) is 0 Å². The van der Waals surface area contributed by atoms with Crippen molar-refractivity contribution >= 4 is 39.3 Å². The van der Waals surface area contributed by atoms with Crippen molar-refractivity contribution < 1.29 is 0 Å². The third-order valence-corrected chi connectivity index (χ3v) is 4.24. The third-order valence-electron chi connectivity index (χ3n) is 2.27. The van der Waals surface area contributed by atoms with Gasteiger partial charge in [-0.25, -0.2) is 14.6 Å². The van der Waals surface area contributed by atoms with Gasteiger partial charge in [-0.3, -0.25) is 0 Å². The molecule has 18 heavy (non-hydrogen) atoms. The van der Waals surface area contributed by atoms with E-state index < -0.39 is 0 Å². The number of nitrogens with two attached hydrogens (primary N) is 1. The summed E-state index contributed by atoms with van der Waals surface area (Å²) in [6, 6.07) is 2.05. The molecular formula is C9H9N7S2. The highest BCUT2D eigenvalue weighted by Gasteiger charge is 2.13. The Bertz CT molecular complexity index is 717. The minimum Gasteiger partial charge on any atom is -0.368 e. The summed E-state index contributed by atoms with van der Waals surface area (Å²) in [5.74, 6) is 0.266. The van der Waals surface area contributed by atoms with Crippen molar-refractivity contribution in [1.82, 2.24) is 30.2 Å². The Balaban J connectivity index is 2.13. The normalized spacial score (nSPS) is 11.2. The molecule has 0 amide bonds. The van der Waals surface area contributed by atoms with Gasteiger partial charge in [-0.2, -0.15) is 0 Å². The smallest absolute Gasteiger partial charge is 0.222 e. The fourth-order valence-electron chi connectivity index (χ4n) is 1.50. The summed E-state index contributed by atoms with van der Waals surface area (Å²) in [5, 5.41) is 13.7. The molecule has 0 radical (unpaired) electrons. The van der Waals surface area contributed by atoms with Crippen LogP contribution in [0.15, 0.2) is 16.2 Å². The van der Waals surface area contributed by atoms with Gasteiger partial charge < -0.3 is 5.73 Å². The lowest BCUT2D eigenvalue weighted by Gasteiger charge is -2.01. The van der Waals surface area contributed by atoms with Crippen molar-refractivity contribution in [1.29, 1.82) is 0 Å². The van der Waals surface area contributed by atoms with E-state index in [1.165, 1.54) is 16.6 Å². The molecule has 3 aromatic heterocycles. The standard InChI is InChI=1S/C9H9N7S2/c1-4-3-5-6(17-4)11-8(10)12-7(5)18-9-13-14-15-16(9)2/h3H,1-2H3,(H2,10,11,12). The highest BCUT2D eigenvalue weighted by atomic mass is 32.2. The fraction of sp³-hybridized carbons (Fsp3) is 0.222. The van der Waals surface area contributed by atoms with E-state index in [1.54, 1.807) is 23.1 Å². The minimum atomic E-state index is 0.266. The Morgan fingerprint density at radius 1 is 1.39 bits per heavy atom. The van der Waals surface area contributed by atoms with E-state index in [1.807, 2.05) is 13.0 Å². The largest absolute Gasteiger partial charge is 0.368 e. The summed E-state index contributed by atoms with van der Waals surface area (Å²) in [7, 11) is 1.78. The van der Waals surface area contributed by atoms with Gasteiger partial charge in [0.25, 0.3) is 0 Å². The molecule has 92 valence electrons. The minimum absolute atomic E-state index is 0.266. The van der Waals surface area contributed by atoms with Crippen LogP contribution < -0.4 is 5.73 Å². The summed E-state index contributed by atoms with van der Waals surface area (Å²) in [4.78, 5) is 10.5. The van der Waals surface area contributed by atoms with Crippen molar-refractivity contribution in [2.45, 2.75) is 17.1 Å². The van der Waals surface area contributed by atoms with Crippen LogP contribution in [0.3, 0.4) is 0 Å². The Morgan fingerprint density at radius 3 is 2.94 bits per heavy atom. The number of anilines is 1. The van der Waals surface area contributed by atoms with Crippen LogP contribution in [-0.4, -0.2) is 30.2 Å². The maximum Gasteiger partial charge on any atom is 0.222 e. The van der Waals surface area contributed by atoms with E-state index in [4.69, 9.17) is 5.73 Å². The highest BCUT2D eigenvalue weighted by molar-refractivity contribution is 7.99. The zero-order valence-electron chi connectivity index (χ0n) is 9.65. The maximum atomic E-state index is 5.71. The zero-order valence-corrected chi connectivity index (χ0v) is 11.3. The van der Waals surface area contributed by atoms with E-state index in [0.717, 1.165) is 15.2 Å². The Hall–Kier alpha value is -1.74. The molecule has 3 aromatic rings. The Labute approximate surface area is 110 Å². The van der Waals surface area contributed by atoms with E-state index in [0.29, 0.717) is 5.16 Å². The number of fused-ring (bicyclic) bond motifs is 1. The molecule has 3 heterocycles. The average Bonchev–Trinajstić information content (AvgIpc) is 2.85. The first-order chi connectivity index (χ1) is 8.63. The number of hydrogen-bond acceptors (Lipinski definition) is 8. The second-order valence-electron chi connectivity index (χ2n) is 3.65. The number of aryl methyl sites for hydroxylation is 2. The molecule has 0 saturated carbocycles. The molecule has 2 N–H and O–H groups in total. The van der Waals surface area contributed by atoms with Crippen LogP contribution in [0.1, 0.15) is 4.88 Å². The zero-order chi connectivity index (χ0) is 12.7. The van der Waals surface area contributed by atoms with E-state index in [-0.39, 0.29) is 5.95 Å². The fourth-order valence-corrected chi connectivity index (χ4v) is 3.28. The summed E-state index contributed by atoms with van der Waals surface area (Å²) in [6.45, 7) is 2.03. The highest BCUT2D eigenvalue weighted by Crippen LogP contribution is 2.34. The van der Waals surface area contributed by atoms with Crippen molar-refractivity contribution in [3.05, 3.63) is 10.9 Å². The maximum absolute atomic E-state index is 5.71. The number of thiophene rings is 1. The van der Waals surface area contributed by atoms with Gasteiger partial charge in [0, 0.05) is 17.3 Å². The second-order valence-corrected chi connectivity index (χ2v) is 5.84. The number of hydrogen-bond donors (Lipinski definition) is 1. The molecule has 7 nitrogen and oxygen atoms in total. The van der Waals surface area contributed by atoms with Gasteiger partial charge in [-0.1, -0.05) is 0 Å². The van der Waals surface area contributed by atoms with Crippen LogP contribution in [0.2, 0.25) is 0 Å². The predicted octanol–water partition coefficient (Wildman–Crippen LogP) is 1.26. The molecule has 0 spiro atoms. The molecule has 0 unspecified atom stereocenters.